The minimum absolute atomic E-state index is 0.192. The number of carbonyl (C=O) groups is 2. The maximum Gasteiger partial charge on any atom is 0.326 e. The topological polar surface area (TPSA) is 72.9 Å². The second-order valence-corrected chi connectivity index (χ2v) is 6.18. The first-order valence-corrected chi connectivity index (χ1v) is 8.29. The van der Waals surface area contributed by atoms with Crippen LogP contribution in [-0.2, 0) is 9.59 Å². The largest absolute Gasteiger partial charge is 0.480 e. The molecule has 1 heterocycles. The molecule has 20 heavy (non-hydrogen) atoms. The number of carboxylic acid groups (broad SMARTS) is 1. The lowest BCUT2D eigenvalue weighted by Crippen LogP contribution is -2.55. The van der Waals surface area contributed by atoms with Gasteiger partial charge in [-0.1, -0.05) is 0 Å². The Labute approximate surface area is 124 Å². The highest BCUT2D eigenvalue weighted by atomic mass is 32.2. The number of nitrogens with one attached hydrogen (secondary N) is 1. The van der Waals surface area contributed by atoms with Crippen molar-refractivity contribution in [3.63, 3.8) is 0 Å². The monoisotopic (exact) mass is 303 g/mol. The Kier molecular flexibility index (Phi) is 7.32. The van der Waals surface area contributed by atoms with E-state index in [1.54, 1.807) is 11.8 Å². The zero-order chi connectivity index (χ0) is 15.1. The third-order valence-electron chi connectivity index (χ3n) is 3.69. The predicted octanol–water partition coefficient (Wildman–Crippen LogP) is -0.0552. The lowest BCUT2D eigenvalue weighted by Gasteiger charge is -2.36. The van der Waals surface area contributed by atoms with Crippen LogP contribution in [-0.4, -0.2) is 84.1 Å². The maximum atomic E-state index is 12.2. The summed E-state index contributed by atoms with van der Waals surface area (Å²) in [4.78, 5) is 27.6. The van der Waals surface area contributed by atoms with E-state index >= 15 is 0 Å². The van der Waals surface area contributed by atoms with Gasteiger partial charge in [0, 0.05) is 26.2 Å². The van der Waals surface area contributed by atoms with E-state index in [-0.39, 0.29) is 11.9 Å². The lowest BCUT2D eigenvalue weighted by molar-refractivity contribution is -0.142. The molecule has 0 spiro atoms. The fourth-order valence-electron chi connectivity index (χ4n) is 2.16. The highest BCUT2D eigenvalue weighted by Gasteiger charge is 2.27. The molecule has 6 nitrogen and oxygen atoms in total. The van der Waals surface area contributed by atoms with E-state index in [4.69, 9.17) is 5.11 Å². The van der Waals surface area contributed by atoms with Crippen molar-refractivity contribution in [3.8, 4) is 0 Å². The highest BCUT2D eigenvalue weighted by Crippen LogP contribution is 2.07. The molecule has 1 fully saturated rings. The molecule has 1 saturated heterocycles. The number of aliphatic carboxylic acids is 1. The van der Waals surface area contributed by atoms with Gasteiger partial charge in [-0.2, -0.15) is 11.8 Å². The van der Waals surface area contributed by atoms with Crippen LogP contribution in [0.3, 0.4) is 0 Å². The van der Waals surface area contributed by atoms with E-state index in [1.807, 2.05) is 13.2 Å². The quantitative estimate of drug-likeness (QED) is 0.687. The zero-order valence-electron chi connectivity index (χ0n) is 12.5. The van der Waals surface area contributed by atoms with Crippen LogP contribution in [0.25, 0.3) is 0 Å². The number of piperazine rings is 1. The van der Waals surface area contributed by atoms with Gasteiger partial charge in [-0.05, 0) is 32.4 Å². The van der Waals surface area contributed by atoms with Gasteiger partial charge < -0.3 is 15.3 Å². The van der Waals surface area contributed by atoms with E-state index in [9.17, 15) is 9.59 Å². The zero-order valence-corrected chi connectivity index (χ0v) is 13.3. The summed E-state index contributed by atoms with van der Waals surface area (Å²) in [6.07, 6.45) is 2.38. The fraction of sp³-hybridized carbons (Fsp3) is 0.846. The molecule has 0 aromatic heterocycles. The molecule has 1 aliphatic rings. The third-order valence-corrected chi connectivity index (χ3v) is 4.33. The van der Waals surface area contributed by atoms with Gasteiger partial charge >= 0.3 is 5.97 Å². The van der Waals surface area contributed by atoms with Crippen LogP contribution in [0.5, 0.6) is 0 Å². The molecule has 0 aromatic rings. The second kappa shape index (κ2) is 8.49. The summed E-state index contributed by atoms with van der Waals surface area (Å²) >= 11 is 1.58. The minimum atomic E-state index is -0.960. The van der Waals surface area contributed by atoms with Crippen molar-refractivity contribution < 1.29 is 14.7 Å². The van der Waals surface area contributed by atoms with Gasteiger partial charge in [0.2, 0.25) is 5.91 Å². The number of hydrogen-bond donors (Lipinski definition) is 2. The molecule has 1 rings (SSSR count). The maximum absolute atomic E-state index is 12.2. The van der Waals surface area contributed by atoms with E-state index in [0.29, 0.717) is 6.42 Å². The smallest absolute Gasteiger partial charge is 0.326 e. The van der Waals surface area contributed by atoms with Crippen molar-refractivity contribution in [1.29, 1.82) is 0 Å². The lowest BCUT2D eigenvalue weighted by atomic mass is 10.1. The average Bonchev–Trinajstić information content (AvgIpc) is 2.42. The second-order valence-electron chi connectivity index (χ2n) is 5.20. The molecule has 1 aliphatic heterocycles. The minimum Gasteiger partial charge on any atom is -0.480 e. The van der Waals surface area contributed by atoms with Gasteiger partial charge in [-0.3, -0.25) is 9.69 Å². The van der Waals surface area contributed by atoms with E-state index in [1.165, 1.54) is 0 Å². The van der Waals surface area contributed by atoms with Crippen molar-refractivity contribution in [2.45, 2.75) is 25.4 Å². The summed E-state index contributed by atoms with van der Waals surface area (Å²) in [5.41, 5.74) is 0. The number of carbonyl (C=O) groups excluding carboxylic acids is 1. The third kappa shape index (κ3) is 5.30. The van der Waals surface area contributed by atoms with Gasteiger partial charge in [0.15, 0.2) is 0 Å². The van der Waals surface area contributed by atoms with Gasteiger partial charge in [-0.15, -0.1) is 0 Å². The van der Waals surface area contributed by atoms with Gasteiger partial charge in [0.25, 0.3) is 0 Å². The molecule has 2 unspecified atom stereocenters. The number of rotatable bonds is 7. The van der Waals surface area contributed by atoms with Gasteiger partial charge in [-0.25, -0.2) is 4.79 Å². The van der Waals surface area contributed by atoms with Crippen molar-refractivity contribution in [2.75, 3.05) is 45.2 Å². The van der Waals surface area contributed by atoms with E-state index < -0.39 is 12.0 Å². The molecule has 1 amide bonds. The predicted molar refractivity (Wildman–Crippen MR) is 81.1 cm³/mol. The Hall–Kier alpha value is -0.790. The fourth-order valence-corrected chi connectivity index (χ4v) is 2.63. The molecule has 0 aromatic carbocycles. The SMILES string of the molecule is CSCCC(NC(=O)C(C)N1CCN(C)CC1)C(=O)O. The molecule has 0 bridgehead atoms. The number of nitrogens with zero attached hydrogens (tertiary/aromatic N) is 2. The molecule has 2 N–H and O–H groups in total. The number of thioether (sulfide) groups is 1. The Morgan fingerprint density at radius 3 is 2.40 bits per heavy atom. The summed E-state index contributed by atoms with van der Waals surface area (Å²) in [5.74, 6) is -0.429. The first kappa shape index (κ1) is 17.3. The van der Waals surface area contributed by atoms with Gasteiger partial charge in [0.05, 0.1) is 6.04 Å². The van der Waals surface area contributed by atoms with Gasteiger partial charge in [0.1, 0.15) is 6.04 Å². The molecule has 2 atom stereocenters. The van der Waals surface area contributed by atoms with Crippen LogP contribution >= 0.6 is 11.8 Å². The summed E-state index contributed by atoms with van der Waals surface area (Å²) in [6, 6.07) is -1.07. The average molecular weight is 303 g/mol. The standard InChI is InChI=1S/C13H25N3O3S/c1-10(16-7-5-15(2)6-8-16)12(17)14-11(13(18)19)4-9-20-3/h10-11H,4-9H2,1-3H3,(H,14,17)(H,18,19). The van der Waals surface area contributed by atoms with Crippen molar-refractivity contribution in [1.82, 2.24) is 15.1 Å². The Bertz CT molecular complexity index is 333. The summed E-state index contributed by atoms with van der Waals surface area (Å²) < 4.78 is 0. The summed E-state index contributed by atoms with van der Waals surface area (Å²) in [5, 5.41) is 11.8. The van der Waals surface area contributed by atoms with Crippen molar-refractivity contribution >= 4 is 23.6 Å². The molecular weight excluding hydrogens is 278 g/mol. The number of hydrogen-bond acceptors (Lipinski definition) is 5. The van der Waals surface area contributed by atoms with Crippen LogP contribution in [0.1, 0.15) is 13.3 Å². The molecule has 0 radical (unpaired) electrons. The molecule has 116 valence electrons. The van der Waals surface area contributed by atoms with E-state index in [0.717, 1.165) is 31.9 Å². The van der Waals surface area contributed by atoms with Crippen LogP contribution < -0.4 is 5.32 Å². The highest BCUT2D eigenvalue weighted by molar-refractivity contribution is 7.98. The first-order valence-electron chi connectivity index (χ1n) is 6.90. The normalized spacial score (nSPS) is 20.4. The van der Waals surface area contributed by atoms with E-state index in [2.05, 4.69) is 22.2 Å². The molecule has 7 heteroatoms. The van der Waals surface area contributed by atoms with Crippen LogP contribution in [0.15, 0.2) is 0 Å². The number of likely N-dealkylation sites (N-methyl/N-ethyl adjacent to an activating group) is 1. The number of carboxylic acids is 1. The van der Waals surface area contributed by atoms with Crippen molar-refractivity contribution in [2.24, 2.45) is 0 Å². The molecule has 0 saturated carbocycles. The summed E-state index contributed by atoms with van der Waals surface area (Å²) in [7, 11) is 2.06. The van der Waals surface area contributed by atoms with Crippen LogP contribution in [0.2, 0.25) is 0 Å². The Morgan fingerprint density at radius 2 is 1.90 bits per heavy atom. The molecule has 0 aliphatic carbocycles. The van der Waals surface area contributed by atoms with Crippen molar-refractivity contribution in [3.05, 3.63) is 0 Å². The summed E-state index contributed by atoms with van der Waals surface area (Å²) in [6.45, 7) is 5.40. The Morgan fingerprint density at radius 1 is 1.30 bits per heavy atom. The first-order chi connectivity index (χ1) is 9.45. The van der Waals surface area contributed by atoms with Crippen LogP contribution in [0.4, 0.5) is 0 Å². The Balaban J connectivity index is 2.48. The molecular formula is C13H25N3O3S. The number of amides is 1. The van der Waals surface area contributed by atoms with Crippen LogP contribution in [0, 0.1) is 0 Å².